The molecule has 7 nitrogen and oxygen atoms in total. The van der Waals surface area contributed by atoms with Gasteiger partial charge >= 0.3 is 6.18 Å². The summed E-state index contributed by atoms with van der Waals surface area (Å²) in [6.45, 7) is 6.95. The number of likely N-dealkylation sites (tertiary alicyclic amines) is 2. The predicted molar refractivity (Wildman–Crippen MR) is 181 cm³/mol. The number of ether oxygens (including phenoxy) is 1. The maximum absolute atomic E-state index is 14.9. The van der Waals surface area contributed by atoms with E-state index in [2.05, 4.69) is 11.6 Å². The number of aliphatic hydroxyl groups is 1. The Labute approximate surface area is 292 Å². The highest BCUT2D eigenvalue weighted by molar-refractivity contribution is 7.10. The molecule has 2 amide bonds. The number of thiophene rings is 1. The molecule has 270 valence electrons. The second-order valence-corrected chi connectivity index (χ2v) is 14.1. The van der Waals surface area contributed by atoms with Crippen molar-refractivity contribution in [2.24, 2.45) is 0 Å². The highest BCUT2D eigenvalue weighted by atomic mass is 32.1. The fraction of sp³-hybridized carbons (Fsp3) is 0.486. The van der Waals surface area contributed by atoms with E-state index >= 15 is 0 Å². The lowest BCUT2D eigenvalue weighted by Gasteiger charge is -2.50. The van der Waals surface area contributed by atoms with Crippen LogP contribution >= 0.6 is 11.3 Å². The number of hydrogen-bond acceptors (Lipinski definition) is 6. The van der Waals surface area contributed by atoms with Crippen LogP contribution in [0.3, 0.4) is 0 Å². The molecule has 2 atom stereocenters. The molecule has 0 bridgehead atoms. The number of carbonyl (C=O) groups excluding carboxylic acids is 2. The van der Waals surface area contributed by atoms with E-state index in [-0.39, 0.29) is 48.8 Å². The van der Waals surface area contributed by atoms with Crippen LogP contribution < -0.4 is 4.74 Å². The van der Waals surface area contributed by atoms with Crippen molar-refractivity contribution >= 4 is 23.2 Å². The number of alkyl halides is 5. The summed E-state index contributed by atoms with van der Waals surface area (Å²) in [5, 5.41) is 10.9. The number of carbonyl (C=O) groups is 2. The maximum atomic E-state index is 14.9. The molecule has 3 aromatic rings. The molecule has 0 unspecified atom stereocenters. The Balaban J connectivity index is 1.49. The van der Waals surface area contributed by atoms with Crippen LogP contribution in [0.15, 0.2) is 66.5 Å². The molecule has 2 fully saturated rings. The largest absolute Gasteiger partial charge is 0.513 e. The third kappa shape index (κ3) is 7.98. The molecule has 1 N–H and O–H groups in total. The fourth-order valence-electron chi connectivity index (χ4n) is 7.34. The van der Waals surface area contributed by atoms with Crippen molar-refractivity contribution in [3.05, 3.63) is 93.6 Å². The molecule has 13 heteroatoms. The van der Waals surface area contributed by atoms with Gasteiger partial charge in [0.05, 0.1) is 17.4 Å². The van der Waals surface area contributed by atoms with E-state index in [1.165, 1.54) is 16.5 Å². The van der Waals surface area contributed by atoms with Crippen molar-refractivity contribution in [3.63, 3.8) is 0 Å². The van der Waals surface area contributed by atoms with Crippen LogP contribution in [0.5, 0.6) is 5.75 Å². The van der Waals surface area contributed by atoms with Crippen molar-refractivity contribution < 1.29 is 41.4 Å². The van der Waals surface area contributed by atoms with Crippen LogP contribution in [0, 0.1) is 0 Å². The molecule has 1 aromatic carbocycles. The zero-order valence-corrected chi connectivity index (χ0v) is 29.0. The number of amides is 2. The third-order valence-corrected chi connectivity index (χ3v) is 10.6. The predicted octanol–water partition coefficient (Wildman–Crippen LogP) is 8.91. The first-order valence-electron chi connectivity index (χ1n) is 16.9. The summed E-state index contributed by atoms with van der Waals surface area (Å²) in [7, 11) is 0. The lowest BCUT2D eigenvalue weighted by Crippen LogP contribution is -2.68. The first kappa shape index (κ1) is 37.3. The van der Waals surface area contributed by atoms with Crippen LogP contribution in [0.1, 0.15) is 96.6 Å². The van der Waals surface area contributed by atoms with Gasteiger partial charge in [0.25, 0.3) is 17.7 Å². The number of allylic oxidation sites excluding steroid dienone is 1. The summed E-state index contributed by atoms with van der Waals surface area (Å²) in [5.74, 6) is -4.45. The third-order valence-electron chi connectivity index (χ3n) is 9.69. The lowest BCUT2D eigenvalue weighted by atomic mass is 9.78. The topological polar surface area (TPSA) is 83.0 Å². The Morgan fingerprint density at radius 3 is 2.48 bits per heavy atom. The Morgan fingerprint density at radius 1 is 1.12 bits per heavy atom. The Hall–Kier alpha value is -4.00. The summed E-state index contributed by atoms with van der Waals surface area (Å²) in [6.07, 6.45) is 1.02. The number of pyridine rings is 1. The Kier molecular flexibility index (Phi) is 11.2. The smallest absolute Gasteiger partial charge is 0.425 e. The number of aromatic nitrogens is 1. The monoisotopic (exact) mass is 719 g/mol. The van der Waals surface area contributed by atoms with E-state index in [1.807, 2.05) is 31.2 Å². The number of aliphatic hydroxyl groups excluding tert-OH is 1. The van der Waals surface area contributed by atoms with Gasteiger partial charge in [-0.2, -0.15) is 13.2 Å². The normalized spacial score (nSPS) is 20.5. The molecule has 0 saturated carbocycles. The quantitative estimate of drug-likeness (QED) is 0.158. The second-order valence-electron chi connectivity index (χ2n) is 13.2. The fourth-order valence-corrected chi connectivity index (χ4v) is 8.01. The van der Waals surface area contributed by atoms with Crippen molar-refractivity contribution in [1.29, 1.82) is 0 Å². The minimum Gasteiger partial charge on any atom is -0.513 e. The summed E-state index contributed by atoms with van der Waals surface area (Å²) >= 11 is 0.451. The molecular formula is C37H42F5N3O4S. The SMILES string of the molecule is C=C(O)CCc1ccccc1C1CCN(C(=O)[C@]2(Oc3csc(C(F)(F)F)c3)CCCN(C(=O)c3cnccc3C(C)(F)F)[C@@H]2CCC)CC1. The van der Waals surface area contributed by atoms with Crippen molar-refractivity contribution in [3.8, 4) is 5.75 Å². The minimum absolute atomic E-state index is 0.100. The van der Waals surface area contributed by atoms with Crippen molar-refractivity contribution in [2.75, 3.05) is 19.6 Å². The summed E-state index contributed by atoms with van der Waals surface area (Å²) in [6, 6.07) is 8.95. The molecule has 2 saturated heterocycles. The van der Waals surface area contributed by atoms with E-state index in [0.717, 1.165) is 29.5 Å². The van der Waals surface area contributed by atoms with Crippen LogP contribution in [0.25, 0.3) is 0 Å². The van der Waals surface area contributed by atoms with E-state index in [4.69, 9.17) is 4.74 Å². The maximum Gasteiger partial charge on any atom is 0.425 e. The molecule has 5 rings (SSSR count). The zero-order valence-electron chi connectivity index (χ0n) is 28.1. The van der Waals surface area contributed by atoms with Gasteiger partial charge in [0.15, 0.2) is 0 Å². The number of rotatable bonds is 11. The molecule has 2 aliphatic rings. The van der Waals surface area contributed by atoms with Crippen LogP contribution in [0.4, 0.5) is 22.0 Å². The standard InChI is InChI=1S/C37H42F5N3O4S/c1-4-8-31-36(49-27-21-32(50-23-27)37(40,41)42,16-7-18-45(31)33(47)29-22-43-17-13-30(29)35(3,38)39)34(48)44-19-14-26(15-20-44)28-10-6-5-9-25(28)12-11-24(2)46/h5-6,9-10,13,17,21-23,26,31,46H,2,4,7-8,11-12,14-16,18-20H2,1,3H3/t31-,36+/m1/s1. The lowest BCUT2D eigenvalue weighted by molar-refractivity contribution is -0.160. The number of hydrogen-bond donors (Lipinski definition) is 1. The van der Waals surface area contributed by atoms with Gasteiger partial charge in [0.2, 0.25) is 5.60 Å². The van der Waals surface area contributed by atoms with Crippen molar-refractivity contribution in [2.45, 2.75) is 94.9 Å². The molecule has 0 aliphatic carbocycles. The van der Waals surface area contributed by atoms with Gasteiger partial charge in [-0.15, -0.1) is 11.3 Å². The molecule has 4 heterocycles. The number of piperidine rings is 2. The van der Waals surface area contributed by atoms with Gasteiger partial charge in [-0.1, -0.05) is 44.2 Å². The van der Waals surface area contributed by atoms with Crippen LogP contribution in [0.2, 0.25) is 0 Å². The highest BCUT2D eigenvalue weighted by Crippen LogP contribution is 2.43. The molecular weight excluding hydrogens is 677 g/mol. The first-order valence-corrected chi connectivity index (χ1v) is 17.8. The van der Waals surface area contributed by atoms with Gasteiger partial charge < -0.3 is 19.6 Å². The van der Waals surface area contributed by atoms with E-state index in [1.54, 1.807) is 4.90 Å². The van der Waals surface area contributed by atoms with Gasteiger partial charge in [0.1, 0.15) is 10.6 Å². The number of benzene rings is 1. The number of halogens is 5. The van der Waals surface area contributed by atoms with E-state index in [0.29, 0.717) is 63.5 Å². The molecule has 2 aliphatic heterocycles. The van der Waals surface area contributed by atoms with E-state index in [9.17, 15) is 36.6 Å². The number of aryl methyl sites for hydroxylation is 1. The summed E-state index contributed by atoms with van der Waals surface area (Å²) < 4.78 is 76.7. The highest BCUT2D eigenvalue weighted by Gasteiger charge is 2.56. The van der Waals surface area contributed by atoms with Gasteiger partial charge in [-0.3, -0.25) is 14.6 Å². The average Bonchev–Trinajstić information content (AvgIpc) is 3.56. The van der Waals surface area contributed by atoms with Gasteiger partial charge in [-0.25, -0.2) is 8.78 Å². The summed E-state index contributed by atoms with van der Waals surface area (Å²) in [4.78, 5) is 35.1. The Bertz CT molecular complexity index is 1680. The van der Waals surface area contributed by atoms with Crippen molar-refractivity contribution in [1.82, 2.24) is 14.8 Å². The van der Waals surface area contributed by atoms with Crippen LogP contribution in [-0.2, 0) is 23.3 Å². The molecule has 0 spiro atoms. The van der Waals surface area contributed by atoms with E-state index < -0.39 is 46.0 Å². The second kappa shape index (κ2) is 15.1. The first-order chi connectivity index (χ1) is 23.7. The molecule has 50 heavy (non-hydrogen) atoms. The molecule has 2 aromatic heterocycles. The van der Waals surface area contributed by atoms with Gasteiger partial charge in [0, 0.05) is 68.8 Å². The van der Waals surface area contributed by atoms with Crippen LogP contribution in [-0.4, -0.2) is 63.0 Å². The Morgan fingerprint density at radius 2 is 1.84 bits per heavy atom. The van der Waals surface area contributed by atoms with Gasteiger partial charge in [-0.05, 0) is 55.2 Å². The zero-order chi connectivity index (χ0) is 36.3. The number of nitrogens with zero attached hydrogens (tertiary/aromatic N) is 3. The summed E-state index contributed by atoms with van der Waals surface area (Å²) in [5.41, 5.74) is -0.361. The minimum atomic E-state index is -4.62. The molecule has 0 radical (unpaired) electrons. The average molecular weight is 720 g/mol.